The van der Waals surface area contributed by atoms with Crippen molar-refractivity contribution >= 4 is 17.4 Å². The number of pyridine rings is 1. The second-order valence-electron chi connectivity index (χ2n) is 6.78. The highest BCUT2D eigenvalue weighted by Gasteiger charge is 2.43. The monoisotopic (exact) mass is 431 g/mol. The normalized spacial score (nSPS) is 16.0. The fourth-order valence-corrected chi connectivity index (χ4v) is 2.79. The fraction of sp³-hybridized carbons (Fsp3) is 0.440. The average molecular weight is 432 g/mol. The number of alkyl halides is 1. The molecule has 2 aromatic heterocycles. The van der Waals surface area contributed by atoms with Crippen molar-refractivity contribution in [2.75, 3.05) is 5.32 Å². The molecule has 0 spiro atoms. The van der Waals surface area contributed by atoms with Crippen LogP contribution in [0, 0.1) is 18.7 Å². The third-order valence-corrected chi connectivity index (χ3v) is 4.33. The topological polar surface area (TPSA) is 46.4 Å². The molecule has 3 aromatic rings. The Kier molecular flexibility index (Phi) is 10.9. The second kappa shape index (κ2) is 12.8. The number of hydrogen-bond acceptors (Lipinski definition) is 2. The molecule has 1 aromatic carbocycles. The van der Waals surface area contributed by atoms with Gasteiger partial charge in [0.25, 0.3) is 0 Å². The maximum atomic E-state index is 13.7. The summed E-state index contributed by atoms with van der Waals surface area (Å²) in [6.45, 7) is 14.0. The van der Waals surface area contributed by atoms with Crippen LogP contribution in [-0.2, 0) is 4.79 Å². The minimum absolute atomic E-state index is 0.253. The summed E-state index contributed by atoms with van der Waals surface area (Å²) in [5.41, 5.74) is 2.87. The molecule has 4 nitrogen and oxygen atoms in total. The van der Waals surface area contributed by atoms with Gasteiger partial charge in [-0.05, 0) is 48.2 Å². The summed E-state index contributed by atoms with van der Waals surface area (Å²) in [7, 11) is 0. The number of carbonyl (C=O) groups is 1. The van der Waals surface area contributed by atoms with E-state index in [0.29, 0.717) is 17.0 Å². The molecule has 0 aliphatic heterocycles. The second-order valence-corrected chi connectivity index (χ2v) is 6.78. The third-order valence-electron chi connectivity index (χ3n) is 4.33. The van der Waals surface area contributed by atoms with Crippen molar-refractivity contribution in [2.45, 2.75) is 67.5 Å². The molecule has 1 aliphatic carbocycles. The number of rotatable bonds is 3. The predicted octanol–water partition coefficient (Wildman–Crippen LogP) is 7.21. The van der Waals surface area contributed by atoms with Gasteiger partial charge in [-0.15, -0.1) is 0 Å². The first kappa shape index (κ1) is 26.3. The Labute approximate surface area is 184 Å². The number of aromatic nitrogens is 2. The smallest absolute Gasteiger partial charge is 0.231 e. The molecule has 0 bridgehead atoms. The van der Waals surface area contributed by atoms with Crippen molar-refractivity contribution in [1.82, 2.24) is 9.38 Å². The highest BCUT2D eigenvalue weighted by Crippen LogP contribution is 2.34. The lowest BCUT2D eigenvalue weighted by Gasteiger charge is -2.07. The molecule has 1 saturated carbocycles. The number of benzene rings is 1. The molecule has 1 amide bonds. The van der Waals surface area contributed by atoms with Crippen molar-refractivity contribution in [2.24, 2.45) is 5.92 Å². The molecule has 1 aliphatic rings. The van der Waals surface area contributed by atoms with Crippen LogP contribution < -0.4 is 5.32 Å². The van der Waals surface area contributed by atoms with Gasteiger partial charge in [0.2, 0.25) is 5.91 Å². The quantitative estimate of drug-likeness (QED) is 0.476. The van der Waals surface area contributed by atoms with Crippen LogP contribution >= 0.6 is 0 Å². The van der Waals surface area contributed by atoms with Crippen LogP contribution in [0.5, 0.6) is 0 Å². The fourth-order valence-electron chi connectivity index (χ4n) is 2.79. The van der Waals surface area contributed by atoms with Gasteiger partial charge in [0.1, 0.15) is 17.6 Å². The third kappa shape index (κ3) is 6.88. The lowest BCUT2D eigenvalue weighted by atomic mass is 10.0. The zero-order chi connectivity index (χ0) is 23.6. The Morgan fingerprint density at radius 3 is 2.32 bits per heavy atom. The Morgan fingerprint density at radius 2 is 1.74 bits per heavy atom. The van der Waals surface area contributed by atoms with Crippen LogP contribution in [-0.4, -0.2) is 21.5 Å². The van der Waals surface area contributed by atoms with E-state index in [-0.39, 0.29) is 18.1 Å². The molecule has 2 heterocycles. The van der Waals surface area contributed by atoms with E-state index in [9.17, 15) is 13.6 Å². The molecule has 2 atom stereocenters. The number of fused-ring (bicyclic) bond motifs is 1. The molecule has 4 rings (SSSR count). The molecule has 31 heavy (non-hydrogen) atoms. The van der Waals surface area contributed by atoms with Crippen molar-refractivity contribution in [3.63, 3.8) is 0 Å². The molecule has 6 heteroatoms. The summed E-state index contributed by atoms with van der Waals surface area (Å²) in [5.74, 6) is -0.768. The zero-order valence-corrected chi connectivity index (χ0v) is 19.7. The number of imidazole rings is 1. The Balaban J connectivity index is 0.000000620. The molecule has 1 N–H and O–H groups in total. The molecule has 170 valence electrons. The summed E-state index contributed by atoms with van der Waals surface area (Å²) >= 11 is 0. The summed E-state index contributed by atoms with van der Waals surface area (Å²) in [5, 5.41) is 2.63. The van der Waals surface area contributed by atoms with Crippen LogP contribution in [0.25, 0.3) is 16.8 Å². The van der Waals surface area contributed by atoms with Gasteiger partial charge in [-0.25, -0.2) is 13.8 Å². The molecule has 2 unspecified atom stereocenters. The van der Waals surface area contributed by atoms with Gasteiger partial charge in [0, 0.05) is 6.20 Å². The largest absolute Gasteiger partial charge is 0.309 e. The first-order valence-electron chi connectivity index (χ1n) is 11.1. The van der Waals surface area contributed by atoms with E-state index >= 15 is 0 Å². The Hall–Kier alpha value is -2.76. The average Bonchev–Trinajstić information content (AvgIpc) is 3.38. The number of anilines is 1. The van der Waals surface area contributed by atoms with E-state index in [1.54, 1.807) is 29.7 Å². The van der Waals surface area contributed by atoms with E-state index in [1.807, 2.05) is 46.0 Å². The number of hydrogen-bond donors (Lipinski definition) is 1. The zero-order valence-electron chi connectivity index (χ0n) is 19.7. The van der Waals surface area contributed by atoms with E-state index in [4.69, 9.17) is 0 Å². The highest BCUT2D eigenvalue weighted by atomic mass is 19.1. The highest BCUT2D eigenvalue weighted by molar-refractivity contribution is 5.94. The van der Waals surface area contributed by atoms with Gasteiger partial charge in [-0.1, -0.05) is 60.1 Å². The minimum atomic E-state index is -1.04. The van der Waals surface area contributed by atoms with Crippen LogP contribution in [0.15, 0.2) is 42.7 Å². The van der Waals surface area contributed by atoms with E-state index in [2.05, 4.69) is 24.1 Å². The minimum Gasteiger partial charge on any atom is -0.309 e. The van der Waals surface area contributed by atoms with Crippen LogP contribution in [0.4, 0.5) is 14.6 Å². The number of halogens is 2. The van der Waals surface area contributed by atoms with Crippen molar-refractivity contribution < 1.29 is 13.6 Å². The lowest BCUT2D eigenvalue weighted by Crippen LogP contribution is -2.15. The van der Waals surface area contributed by atoms with Crippen LogP contribution in [0.1, 0.15) is 59.9 Å². The number of nitrogens with one attached hydrogen (secondary N) is 1. The summed E-state index contributed by atoms with van der Waals surface area (Å²) in [6.07, 6.45) is 3.99. The Morgan fingerprint density at radius 1 is 1.13 bits per heavy atom. The molecule has 0 radical (unpaired) electrons. The van der Waals surface area contributed by atoms with E-state index in [1.165, 1.54) is 12.5 Å². The number of nitrogens with zero attached hydrogens (tertiary/aromatic N) is 2. The van der Waals surface area contributed by atoms with Gasteiger partial charge in [-0.3, -0.25) is 4.79 Å². The van der Waals surface area contributed by atoms with Gasteiger partial charge in [-0.2, -0.15) is 0 Å². The standard InChI is InChI=1S/C18H15F2N3O.C3H8.2C2H6/c1-10-12(3-2-4-14(10)19)11-5-6-17-21-16(9-23(17)8-11)22-18(24)13-7-15(13)20;1-3-2;2*1-2/h2-6,8-9,13,15H,7H2,1H3,(H,22,24);3H2,1-2H3;2*1-2H3. The summed E-state index contributed by atoms with van der Waals surface area (Å²) < 4.78 is 28.4. The van der Waals surface area contributed by atoms with Crippen LogP contribution in [0.3, 0.4) is 0 Å². The van der Waals surface area contributed by atoms with E-state index in [0.717, 1.165) is 11.1 Å². The SMILES string of the molecule is CC.CC.CCC.Cc1c(F)cccc1-c1ccc2nc(NC(=O)C3CC3F)cn2c1. The number of amides is 1. The van der Waals surface area contributed by atoms with Gasteiger partial charge in [0.15, 0.2) is 5.82 Å². The molecule has 1 fully saturated rings. The first-order chi connectivity index (χ1) is 14.9. The molecule has 0 saturated heterocycles. The van der Waals surface area contributed by atoms with Crippen molar-refractivity contribution in [3.8, 4) is 11.1 Å². The van der Waals surface area contributed by atoms with Gasteiger partial charge in [0.05, 0.1) is 12.1 Å². The Bertz CT molecular complexity index is 969. The van der Waals surface area contributed by atoms with Gasteiger partial charge < -0.3 is 9.72 Å². The number of carbonyl (C=O) groups excluding carboxylic acids is 1. The summed E-state index contributed by atoms with van der Waals surface area (Å²) in [6, 6.07) is 8.61. The molecular formula is C25H35F2N3O. The summed E-state index contributed by atoms with van der Waals surface area (Å²) in [4.78, 5) is 16.1. The van der Waals surface area contributed by atoms with Gasteiger partial charge >= 0.3 is 0 Å². The van der Waals surface area contributed by atoms with Crippen LogP contribution in [0.2, 0.25) is 0 Å². The maximum absolute atomic E-state index is 13.7. The maximum Gasteiger partial charge on any atom is 0.231 e. The first-order valence-corrected chi connectivity index (χ1v) is 11.1. The molecular weight excluding hydrogens is 396 g/mol. The van der Waals surface area contributed by atoms with Crippen molar-refractivity contribution in [1.29, 1.82) is 0 Å². The lowest BCUT2D eigenvalue weighted by molar-refractivity contribution is -0.117. The van der Waals surface area contributed by atoms with Crippen molar-refractivity contribution in [3.05, 3.63) is 54.1 Å². The van der Waals surface area contributed by atoms with E-state index < -0.39 is 12.1 Å². The predicted molar refractivity (Wildman–Crippen MR) is 126 cm³/mol.